The van der Waals surface area contributed by atoms with Crippen molar-refractivity contribution in [1.82, 2.24) is 0 Å². The number of aryl methyl sites for hydroxylation is 2. The SMILES string of the molecule is Cc1ccc(C(=O)Nc2ccc(N3CCCCC3)c(F)c2)cc1C. The van der Waals surface area contributed by atoms with E-state index in [0.717, 1.165) is 37.1 Å². The third-order valence-corrected chi connectivity index (χ3v) is 4.67. The lowest BCUT2D eigenvalue weighted by atomic mass is 10.1. The van der Waals surface area contributed by atoms with Crippen LogP contribution >= 0.6 is 0 Å². The van der Waals surface area contributed by atoms with E-state index >= 15 is 0 Å². The summed E-state index contributed by atoms with van der Waals surface area (Å²) in [5.41, 5.74) is 3.90. The third-order valence-electron chi connectivity index (χ3n) is 4.67. The van der Waals surface area contributed by atoms with Crippen LogP contribution in [0, 0.1) is 19.7 Å². The van der Waals surface area contributed by atoms with Gasteiger partial charge in [0, 0.05) is 24.3 Å². The second-order valence-corrected chi connectivity index (χ2v) is 6.47. The van der Waals surface area contributed by atoms with Crippen LogP contribution < -0.4 is 10.2 Å². The number of anilines is 2. The minimum absolute atomic E-state index is 0.219. The molecule has 126 valence electrons. The van der Waals surface area contributed by atoms with Gasteiger partial charge >= 0.3 is 0 Å². The minimum Gasteiger partial charge on any atom is -0.369 e. The fourth-order valence-electron chi connectivity index (χ4n) is 3.06. The van der Waals surface area contributed by atoms with Gasteiger partial charge in [-0.15, -0.1) is 0 Å². The molecule has 1 fully saturated rings. The lowest BCUT2D eigenvalue weighted by Crippen LogP contribution is -2.30. The Kier molecular flexibility index (Phi) is 4.84. The molecular formula is C20H23FN2O. The average molecular weight is 326 g/mol. The Balaban J connectivity index is 1.74. The second-order valence-electron chi connectivity index (χ2n) is 6.47. The van der Waals surface area contributed by atoms with Crippen LogP contribution in [-0.4, -0.2) is 19.0 Å². The number of carbonyl (C=O) groups excluding carboxylic acids is 1. The first-order valence-corrected chi connectivity index (χ1v) is 8.48. The molecule has 0 spiro atoms. The Bertz CT molecular complexity index is 751. The smallest absolute Gasteiger partial charge is 0.255 e. The summed E-state index contributed by atoms with van der Waals surface area (Å²) >= 11 is 0. The van der Waals surface area contributed by atoms with Gasteiger partial charge in [-0.2, -0.15) is 0 Å². The summed E-state index contributed by atoms with van der Waals surface area (Å²) in [6.07, 6.45) is 3.41. The predicted molar refractivity (Wildman–Crippen MR) is 96.3 cm³/mol. The van der Waals surface area contributed by atoms with Gasteiger partial charge in [-0.1, -0.05) is 6.07 Å². The molecular weight excluding hydrogens is 303 g/mol. The zero-order chi connectivity index (χ0) is 17.1. The maximum atomic E-state index is 14.4. The first-order valence-electron chi connectivity index (χ1n) is 8.48. The molecule has 0 aliphatic carbocycles. The van der Waals surface area contributed by atoms with E-state index in [0.29, 0.717) is 16.9 Å². The number of nitrogens with one attached hydrogen (secondary N) is 1. The molecule has 1 saturated heterocycles. The number of benzene rings is 2. The van der Waals surface area contributed by atoms with E-state index in [1.807, 2.05) is 26.0 Å². The second kappa shape index (κ2) is 7.04. The number of halogens is 1. The molecule has 1 heterocycles. The van der Waals surface area contributed by atoms with Gasteiger partial charge < -0.3 is 10.2 Å². The number of carbonyl (C=O) groups is 1. The fraction of sp³-hybridized carbons (Fsp3) is 0.350. The maximum Gasteiger partial charge on any atom is 0.255 e. The predicted octanol–water partition coefficient (Wildman–Crippen LogP) is 4.69. The van der Waals surface area contributed by atoms with E-state index in [2.05, 4.69) is 10.2 Å². The maximum absolute atomic E-state index is 14.4. The summed E-state index contributed by atoms with van der Waals surface area (Å²) < 4.78 is 14.4. The van der Waals surface area contributed by atoms with Crippen molar-refractivity contribution in [1.29, 1.82) is 0 Å². The summed E-state index contributed by atoms with van der Waals surface area (Å²) in [5, 5.41) is 2.78. The molecule has 0 unspecified atom stereocenters. The zero-order valence-electron chi connectivity index (χ0n) is 14.2. The molecule has 3 rings (SSSR count). The van der Waals surface area contributed by atoms with Crippen molar-refractivity contribution in [3.63, 3.8) is 0 Å². The largest absolute Gasteiger partial charge is 0.369 e. The molecule has 2 aromatic carbocycles. The van der Waals surface area contributed by atoms with Gasteiger partial charge in [0.05, 0.1) is 5.69 Å². The highest BCUT2D eigenvalue weighted by atomic mass is 19.1. The number of amides is 1. The van der Waals surface area contributed by atoms with Crippen molar-refractivity contribution in [3.8, 4) is 0 Å². The van der Waals surface area contributed by atoms with Crippen LogP contribution in [0.5, 0.6) is 0 Å². The summed E-state index contributed by atoms with van der Waals surface area (Å²) in [6, 6.07) is 10.5. The highest BCUT2D eigenvalue weighted by Crippen LogP contribution is 2.26. The summed E-state index contributed by atoms with van der Waals surface area (Å²) in [7, 11) is 0. The number of hydrogen-bond acceptors (Lipinski definition) is 2. The van der Waals surface area contributed by atoms with Crippen LogP contribution in [0.2, 0.25) is 0 Å². The van der Waals surface area contributed by atoms with Crippen LogP contribution in [0.3, 0.4) is 0 Å². The Morgan fingerprint density at radius 3 is 2.42 bits per heavy atom. The first kappa shape index (κ1) is 16.5. The Morgan fingerprint density at radius 2 is 1.75 bits per heavy atom. The molecule has 0 atom stereocenters. The van der Waals surface area contributed by atoms with Crippen LogP contribution in [-0.2, 0) is 0 Å². The molecule has 4 heteroatoms. The van der Waals surface area contributed by atoms with Crippen molar-refractivity contribution < 1.29 is 9.18 Å². The van der Waals surface area contributed by atoms with Crippen molar-refractivity contribution >= 4 is 17.3 Å². The normalized spacial score (nSPS) is 14.5. The Morgan fingerprint density at radius 1 is 1.00 bits per heavy atom. The van der Waals surface area contributed by atoms with Crippen LogP contribution in [0.4, 0.5) is 15.8 Å². The lowest BCUT2D eigenvalue weighted by Gasteiger charge is -2.29. The average Bonchev–Trinajstić information content (AvgIpc) is 2.58. The number of nitrogens with zero attached hydrogens (tertiary/aromatic N) is 1. The molecule has 0 radical (unpaired) electrons. The van der Waals surface area contributed by atoms with Crippen molar-refractivity contribution in [2.24, 2.45) is 0 Å². The zero-order valence-corrected chi connectivity index (χ0v) is 14.2. The van der Waals surface area contributed by atoms with E-state index in [4.69, 9.17) is 0 Å². The molecule has 1 aliphatic rings. The molecule has 1 aliphatic heterocycles. The third kappa shape index (κ3) is 3.58. The quantitative estimate of drug-likeness (QED) is 0.888. The minimum atomic E-state index is -0.283. The van der Waals surface area contributed by atoms with E-state index in [9.17, 15) is 9.18 Å². The highest BCUT2D eigenvalue weighted by Gasteiger charge is 2.16. The summed E-state index contributed by atoms with van der Waals surface area (Å²) in [6.45, 7) is 5.77. The molecule has 0 aromatic heterocycles. The topological polar surface area (TPSA) is 32.3 Å². The number of rotatable bonds is 3. The van der Waals surface area contributed by atoms with Gasteiger partial charge in [0.25, 0.3) is 5.91 Å². The molecule has 2 aromatic rings. The molecule has 0 bridgehead atoms. The monoisotopic (exact) mass is 326 g/mol. The number of hydrogen-bond donors (Lipinski definition) is 1. The van der Waals surface area contributed by atoms with Crippen LogP contribution in [0.25, 0.3) is 0 Å². The van der Waals surface area contributed by atoms with E-state index in [1.165, 1.54) is 12.5 Å². The van der Waals surface area contributed by atoms with E-state index in [-0.39, 0.29) is 11.7 Å². The van der Waals surface area contributed by atoms with Crippen LogP contribution in [0.15, 0.2) is 36.4 Å². The van der Waals surface area contributed by atoms with E-state index in [1.54, 1.807) is 18.2 Å². The molecule has 3 nitrogen and oxygen atoms in total. The van der Waals surface area contributed by atoms with Gasteiger partial charge in [-0.3, -0.25) is 4.79 Å². The molecule has 1 amide bonds. The van der Waals surface area contributed by atoms with Gasteiger partial charge in [-0.05, 0) is 74.6 Å². The standard InChI is InChI=1S/C20H23FN2O/c1-14-6-7-16(12-15(14)2)20(24)22-17-8-9-19(18(21)13-17)23-10-4-3-5-11-23/h6-9,12-13H,3-5,10-11H2,1-2H3,(H,22,24). The fourth-order valence-corrected chi connectivity index (χ4v) is 3.06. The lowest BCUT2D eigenvalue weighted by molar-refractivity contribution is 0.102. The Labute approximate surface area is 142 Å². The molecule has 1 N–H and O–H groups in total. The van der Waals surface area contributed by atoms with Crippen molar-refractivity contribution in [2.45, 2.75) is 33.1 Å². The molecule has 24 heavy (non-hydrogen) atoms. The number of piperidine rings is 1. The Hall–Kier alpha value is -2.36. The van der Waals surface area contributed by atoms with Crippen molar-refractivity contribution in [2.75, 3.05) is 23.3 Å². The van der Waals surface area contributed by atoms with Crippen LogP contribution in [0.1, 0.15) is 40.7 Å². The summed E-state index contributed by atoms with van der Waals surface area (Å²) in [5.74, 6) is -0.502. The molecule has 0 saturated carbocycles. The van der Waals surface area contributed by atoms with Crippen molar-refractivity contribution in [3.05, 3.63) is 58.9 Å². The van der Waals surface area contributed by atoms with Gasteiger partial charge in [0.2, 0.25) is 0 Å². The van der Waals surface area contributed by atoms with Gasteiger partial charge in [0.15, 0.2) is 0 Å². The van der Waals surface area contributed by atoms with E-state index < -0.39 is 0 Å². The van der Waals surface area contributed by atoms with Gasteiger partial charge in [0.1, 0.15) is 5.82 Å². The van der Waals surface area contributed by atoms with Gasteiger partial charge in [-0.25, -0.2) is 4.39 Å². The summed E-state index contributed by atoms with van der Waals surface area (Å²) in [4.78, 5) is 14.4. The first-order chi connectivity index (χ1) is 11.5. The highest BCUT2D eigenvalue weighted by molar-refractivity contribution is 6.04.